The van der Waals surface area contributed by atoms with Gasteiger partial charge in [-0.1, -0.05) is 12.1 Å². The van der Waals surface area contributed by atoms with Crippen molar-refractivity contribution < 1.29 is 18.4 Å². The minimum atomic E-state index is -0.367. The van der Waals surface area contributed by atoms with E-state index in [1.54, 1.807) is 37.3 Å². The first-order valence-electron chi connectivity index (χ1n) is 6.59. The summed E-state index contributed by atoms with van der Waals surface area (Å²) in [6, 6.07) is 9.24. The summed E-state index contributed by atoms with van der Waals surface area (Å²) in [6.45, 7) is 1.93. The number of halogens is 1. The van der Waals surface area contributed by atoms with Crippen molar-refractivity contribution in [3.8, 4) is 0 Å². The highest BCUT2D eigenvalue weighted by molar-refractivity contribution is 8.18. The van der Waals surface area contributed by atoms with Crippen LogP contribution in [0.25, 0.3) is 6.08 Å². The smallest absolute Gasteiger partial charge is 0.293 e. The number of imide groups is 1. The van der Waals surface area contributed by atoms with Crippen LogP contribution in [0.4, 0.5) is 9.18 Å². The standard InChI is InChI=1S/C16H12FNO3S/c1-10-2-7-13(21-10)8-14-15(19)18(16(20)22-14)9-11-3-5-12(17)6-4-11/h2-8H,9H2,1H3/b14-8+. The first-order chi connectivity index (χ1) is 10.5. The summed E-state index contributed by atoms with van der Waals surface area (Å²) in [4.78, 5) is 25.7. The molecule has 1 fully saturated rings. The Morgan fingerprint density at radius 2 is 1.91 bits per heavy atom. The zero-order valence-corrected chi connectivity index (χ0v) is 12.5. The van der Waals surface area contributed by atoms with Gasteiger partial charge in [-0.25, -0.2) is 4.39 Å². The van der Waals surface area contributed by atoms with Gasteiger partial charge in [-0.15, -0.1) is 0 Å². The van der Waals surface area contributed by atoms with Crippen LogP contribution in [0.1, 0.15) is 17.1 Å². The van der Waals surface area contributed by atoms with Crippen LogP contribution >= 0.6 is 11.8 Å². The van der Waals surface area contributed by atoms with E-state index in [4.69, 9.17) is 4.42 Å². The number of hydrogen-bond acceptors (Lipinski definition) is 4. The van der Waals surface area contributed by atoms with Gasteiger partial charge in [0, 0.05) is 6.08 Å². The molecule has 2 aromatic rings. The van der Waals surface area contributed by atoms with Crippen LogP contribution in [0.5, 0.6) is 0 Å². The SMILES string of the molecule is Cc1ccc(/C=C2/SC(=O)N(Cc3ccc(F)cc3)C2=O)o1. The fraction of sp³-hybridized carbons (Fsp3) is 0.125. The molecule has 0 aliphatic carbocycles. The van der Waals surface area contributed by atoms with Crippen molar-refractivity contribution >= 4 is 29.0 Å². The molecule has 3 rings (SSSR count). The molecule has 1 aliphatic heterocycles. The zero-order valence-electron chi connectivity index (χ0n) is 11.7. The third kappa shape index (κ3) is 2.96. The van der Waals surface area contributed by atoms with Gasteiger partial charge in [0.05, 0.1) is 11.4 Å². The molecule has 22 heavy (non-hydrogen) atoms. The average molecular weight is 317 g/mol. The van der Waals surface area contributed by atoms with Crippen molar-refractivity contribution in [2.45, 2.75) is 13.5 Å². The molecule has 0 spiro atoms. The number of benzene rings is 1. The van der Waals surface area contributed by atoms with Crippen LogP contribution < -0.4 is 0 Å². The number of hydrogen-bond donors (Lipinski definition) is 0. The summed E-state index contributed by atoms with van der Waals surface area (Å²) < 4.78 is 18.3. The lowest BCUT2D eigenvalue weighted by Crippen LogP contribution is -2.27. The predicted molar refractivity (Wildman–Crippen MR) is 81.4 cm³/mol. The quantitative estimate of drug-likeness (QED) is 0.804. The molecule has 1 aliphatic rings. The van der Waals surface area contributed by atoms with Crippen LogP contribution in [0, 0.1) is 12.7 Å². The van der Waals surface area contributed by atoms with E-state index in [0.717, 1.165) is 22.4 Å². The normalized spacial score (nSPS) is 16.8. The Kier molecular flexibility index (Phi) is 3.85. The molecular formula is C16H12FNO3S. The molecule has 4 nitrogen and oxygen atoms in total. The Hall–Kier alpha value is -2.34. The average Bonchev–Trinajstić information content (AvgIpc) is 3.00. The van der Waals surface area contributed by atoms with Crippen molar-refractivity contribution in [1.29, 1.82) is 0 Å². The highest BCUT2D eigenvalue weighted by atomic mass is 32.2. The Labute approximate surface area is 130 Å². The van der Waals surface area contributed by atoms with E-state index in [1.165, 1.54) is 12.1 Å². The van der Waals surface area contributed by atoms with Crippen molar-refractivity contribution in [3.05, 3.63) is 64.2 Å². The van der Waals surface area contributed by atoms with E-state index in [0.29, 0.717) is 16.2 Å². The lowest BCUT2D eigenvalue weighted by atomic mass is 10.2. The third-order valence-corrected chi connectivity index (χ3v) is 4.07. The van der Waals surface area contributed by atoms with Crippen molar-refractivity contribution in [2.24, 2.45) is 0 Å². The number of carbonyl (C=O) groups excluding carboxylic acids is 2. The van der Waals surface area contributed by atoms with E-state index in [9.17, 15) is 14.0 Å². The second kappa shape index (κ2) is 5.81. The summed E-state index contributed by atoms with van der Waals surface area (Å²) >= 11 is 0.873. The molecule has 0 N–H and O–H groups in total. The summed E-state index contributed by atoms with van der Waals surface area (Å²) in [5, 5.41) is -0.344. The second-order valence-electron chi connectivity index (χ2n) is 4.84. The summed E-state index contributed by atoms with van der Waals surface area (Å²) in [6.07, 6.45) is 1.56. The molecule has 0 radical (unpaired) electrons. The third-order valence-electron chi connectivity index (χ3n) is 3.16. The number of amides is 2. The van der Waals surface area contributed by atoms with Crippen molar-refractivity contribution in [3.63, 3.8) is 0 Å². The fourth-order valence-corrected chi connectivity index (χ4v) is 2.89. The van der Waals surface area contributed by atoms with Gasteiger partial charge in [0.15, 0.2) is 0 Å². The Balaban J connectivity index is 1.79. The van der Waals surface area contributed by atoms with Gasteiger partial charge < -0.3 is 4.42 Å². The van der Waals surface area contributed by atoms with Crippen molar-refractivity contribution in [2.75, 3.05) is 0 Å². The van der Waals surface area contributed by atoms with Crippen LogP contribution in [-0.2, 0) is 11.3 Å². The molecule has 1 saturated heterocycles. The van der Waals surface area contributed by atoms with E-state index < -0.39 is 0 Å². The van der Waals surface area contributed by atoms with Gasteiger partial charge in [0.2, 0.25) is 0 Å². The molecule has 0 atom stereocenters. The first-order valence-corrected chi connectivity index (χ1v) is 7.41. The number of furan rings is 1. The topological polar surface area (TPSA) is 50.5 Å². The number of rotatable bonds is 3. The summed E-state index contributed by atoms with van der Waals surface area (Å²) in [5.74, 6) is 0.543. The highest BCUT2D eigenvalue weighted by Crippen LogP contribution is 2.33. The number of nitrogens with zero attached hydrogens (tertiary/aromatic N) is 1. The van der Waals surface area contributed by atoms with Gasteiger partial charge in [0.1, 0.15) is 17.3 Å². The van der Waals surface area contributed by atoms with Crippen LogP contribution in [-0.4, -0.2) is 16.0 Å². The maximum absolute atomic E-state index is 12.9. The Morgan fingerprint density at radius 1 is 1.18 bits per heavy atom. The van der Waals surface area contributed by atoms with E-state index in [-0.39, 0.29) is 23.5 Å². The largest absolute Gasteiger partial charge is 0.462 e. The van der Waals surface area contributed by atoms with Gasteiger partial charge in [-0.3, -0.25) is 14.5 Å². The summed E-state index contributed by atoms with van der Waals surface area (Å²) in [7, 11) is 0. The maximum atomic E-state index is 12.9. The molecule has 0 saturated carbocycles. The molecule has 0 unspecified atom stereocenters. The maximum Gasteiger partial charge on any atom is 0.293 e. The minimum absolute atomic E-state index is 0.124. The van der Waals surface area contributed by atoms with Gasteiger partial charge in [-0.05, 0) is 48.5 Å². The number of aryl methyl sites for hydroxylation is 1. The van der Waals surface area contributed by atoms with Crippen LogP contribution in [0.3, 0.4) is 0 Å². The van der Waals surface area contributed by atoms with Gasteiger partial charge >= 0.3 is 0 Å². The van der Waals surface area contributed by atoms with Crippen molar-refractivity contribution in [1.82, 2.24) is 4.90 Å². The van der Waals surface area contributed by atoms with E-state index in [1.807, 2.05) is 0 Å². The first kappa shape index (κ1) is 14.6. The Bertz CT molecular complexity index is 764. The number of thioether (sulfide) groups is 1. The van der Waals surface area contributed by atoms with Gasteiger partial charge in [-0.2, -0.15) is 0 Å². The lowest BCUT2D eigenvalue weighted by Gasteiger charge is -2.12. The molecular weight excluding hydrogens is 305 g/mol. The van der Waals surface area contributed by atoms with E-state index in [2.05, 4.69) is 0 Å². The lowest BCUT2D eigenvalue weighted by molar-refractivity contribution is -0.123. The molecule has 2 amide bonds. The molecule has 2 heterocycles. The Morgan fingerprint density at radius 3 is 2.55 bits per heavy atom. The minimum Gasteiger partial charge on any atom is -0.462 e. The molecule has 0 bridgehead atoms. The molecule has 1 aromatic heterocycles. The zero-order chi connectivity index (χ0) is 15.7. The monoisotopic (exact) mass is 317 g/mol. The highest BCUT2D eigenvalue weighted by Gasteiger charge is 2.35. The van der Waals surface area contributed by atoms with E-state index >= 15 is 0 Å². The van der Waals surface area contributed by atoms with Crippen LogP contribution in [0.15, 0.2) is 45.7 Å². The summed E-state index contributed by atoms with van der Waals surface area (Å²) in [5.41, 5.74) is 0.693. The molecule has 6 heteroatoms. The van der Waals surface area contributed by atoms with Crippen LogP contribution in [0.2, 0.25) is 0 Å². The second-order valence-corrected chi connectivity index (χ2v) is 5.84. The predicted octanol–water partition coefficient (Wildman–Crippen LogP) is 3.96. The fourth-order valence-electron chi connectivity index (χ4n) is 2.07. The number of carbonyl (C=O) groups is 2. The molecule has 1 aromatic carbocycles. The van der Waals surface area contributed by atoms with Gasteiger partial charge in [0.25, 0.3) is 11.1 Å². The molecule has 112 valence electrons.